The molecule has 0 bridgehead atoms. The zero-order valence-electron chi connectivity index (χ0n) is 24.2. The van der Waals surface area contributed by atoms with Crippen LogP contribution >= 0.6 is 0 Å². The van der Waals surface area contributed by atoms with E-state index in [1.54, 1.807) is 36.7 Å². The van der Waals surface area contributed by atoms with Crippen molar-refractivity contribution in [2.45, 2.75) is 45.8 Å². The lowest BCUT2D eigenvalue weighted by Gasteiger charge is -2.17. The van der Waals surface area contributed by atoms with E-state index in [0.29, 0.717) is 33.8 Å². The number of halogens is 1. The Kier molecular flexibility index (Phi) is 7.87. The molecule has 5 aromatic rings. The van der Waals surface area contributed by atoms with Gasteiger partial charge in [0.2, 0.25) is 11.9 Å². The fourth-order valence-electron chi connectivity index (χ4n) is 5.40. The molecule has 1 aliphatic carbocycles. The molecule has 4 N–H and O–H groups in total. The summed E-state index contributed by atoms with van der Waals surface area (Å²) in [6, 6.07) is 10.2. The molecule has 3 heterocycles. The molecule has 11 nitrogen and oxygen atoms in total. The van der Waals surface area contributed by atoms with Crippen LogP contribution in [0.1, 0.15) is 43.7 Å². The number of nitrogens with one attached hydrogen (secondary N) is 1. The van der Waals surface area contributed by atoms with Gasteiger partial charge in [-0.15, -0.1) is 0 Å². The maximum Gasteiger partial charge on any atom is 0.265 e. The molecule has 0 unspecified atom stereocenters. The Labute approximate surface area is 247 Å². The summed E-state index contributed by atoms with van der Waals surface area (Å²) in [7, 11) is 0. The average Bonchev–Trinajstić information content (AvgIpc) is 3.76. The highest BCUT2D eigenvalue weighted by atomic mass is 19.1. The lowest BCUT2D eigenvalue weighted by molar-refractivity contribution is 0.282. The van der Waals surface area contributed by atoms with Crippen LogP contribution in [0, 0.1) is 5.82 Å². The molecule has 1 aliphatic rings. The Hall–Kier alpha value is -4.68. The van der Waals surface area contributed by atoms with Gasteiger partial charge in [-0.2, -0.15) is 20.1 Å². The molecule has 12 heteroatoms. The zero-order valence-corrected chi connectivity index (χ0v) is 24.2. The van der Waals surface area contributed by atoms with E-state index in [1.165, 1.54) is 10.6 Å². The number of pyridine rings is 1. The third kappa shape index (κ3) is 5.84. The van der Waals surface area contributed by atoms with E-state index in [2.05, 4.69) is 44.1 Å². The van der Waals surface area contributed by atoms with Crippen molar-refractivity contribution in [3.63, 3.8) is 0 Å². The van der Waals surface area contributed by atoms with Crippen LogP contribution < -0.4 is 16.6 Å². The number of nitrogen functional groups attached to an aromatic ring is 1. The normalized spacial score (nSPS) is 13.2. The van der Waals surface area contributed by atoms with Gasteiger partial charge in [0.05, 0.1) is 36.1 Å². The molecule has 1 fully saturated rings. The Bertz CT molecular complexity index is 1840. The Morgan fingerprint density at radius 1 is 1.14 bits per heavy atom. The lowest BCUT2D eigenvalue weighted by atomic mass is 10.0. The van der Waals surface area contributed by atoms with Gasteiger partial charge in [0.15, 0.2) is 5.82 Å². The predicted octanol–water partition coefficient (Wildman–Crippen LogP) is 4.22. The molecule has 0 aliphatic heterocycles. The standard InChI is InChI=1S/C31H34FN9O2/c1-3-39(4-2)12-13-40-17-22(16-34-40)35-31-37-28(36-30(33)38-31)23-6-5-7-26(24(23)18-42)41-11-10-20-14-21(19-8-9-19)15-25(32)27(20)29(41)43/h5-7,10-11,14-17,19,42H,3-4,8-9,12-13,18H2,1-2H3,(H3,33,35,36,37,38). The number of likely N-dealkylation sites (N-methyl/N-ethyl adjacent to an activating group) is 1. The van der Waals surface area contributed by atoms with Gasteiger partial charge >= 0.3 is 0 Å². The first-order valence-electron chi connectivity index (χ1n) is 14.5. The van der Waals surface area contributed by atoms with E-state index < -0.39 is 18.0 Å². The highest BCUT2D eigenvalue weighted by molar-refractivity contribution is 5.83. The van der Waals surface area contributed by atoms with Gasteiger partial charge in [-0.1, -0.05) is 32.0 Å². The second kappa shape index (κ2) is 11.9. The molecular formula is C31H34FN9O2. The SMILES string of the molecule is CCN(CC)CCn1cc(Nc2nc(N)nc(-c3cccc(-n4ccc5cc(C6CC6)cc(F)c5c4=O)c3CO)n2)cn1. The molecule has 0 spiro atoms. The minimum absolute atomic E-state index is 0.00901. The van der Waals surface area contributed by atoms with Crippen LogP contribution in [0.15, 0.2) is 59.8 Å². The highest BCUT2D eigenvalue weighted by Gasteiger charge is 2.25. The molecule has 6 rings (SSSR count). The van der Waals surface area contributed by atoms with Crippen LogP contribution in [0.3, 0.4) is 0 Å². The summed E-state index contributed by atoms with van der Waals surface area (Å²) in [5.41, 5.74) is 8.39. The molecule has 3 aromatic heterocycles. The number of nitrogens with zero attached hydrogens (tertiary/aromatic N) is 7. The lowest BCUT2D eigenvalue weighted by Crippen LogP contribution is -2.27. The summed E-state index contributed by atoms with van der Waals surface area (Å²) in [6.45, 7) is 7.40. The van der Waals surface area contributed by atoms with Gasteiger partial charge in [-0.25, -0.2) is 4.39 Å². The van der Waals surface area contributed by atoms with Gasteiger partial charge in [-0.05, 0) is 61.0 Å². The number of fused-ring (bicyclic) bond motifs is 1. The first kappa shape index (κ1) is 28.4. The van der Waals surface area contributed by atoms with Crippen LogP contribution in [0.25, 0.3) is 27.8 Å². The van der Waals surface area contributed by atoms with Gasteiger partial charge in [0.1, 0.15) is 5.82 Å². The number of aromatic nitrogens is 6. The highest BCUT2D eigenvalue weighted by Crippen LogP contribution is 2.41. The molecule has 0 saturated heterocycles. The quantitative estimate of drug-likeness (QED) is 0.209. The maximum atomic E-state index is 15.2. The predicted molar refractivity (Wildman–Crippen MR) is 164 cm³/mol. The fraction of sp³-hybridized carbons (Fsp3) is 0.323. The van der Waals surface area contributed by atoms with Gasteiger partial charge in [0, 0.05) is 30.1 Å². The third-order valence-electron chi connectivity index (χ3n) is 7.92. The van der Waals surface area contributed by atoms with E-state index in [4.69, 9.17) is 5.73 Å². The first-order chi connectivity index (χ1) is 20.9. The smallest absolute Gasteiger partial charge is 0.265 e. The molecule has 43 heavy (non-hydrogen) atoms. The Morgan fingerprint density at radius 3 is 2.70 bits per heavy atom. The first-order valence-corrected chi connectivity index (χ1v) is 14.5. The number of benzene rings is 2. The minimum Gasteiger partial charge on any atom is -0.392 e. The third-order valence-corrected chi connectivity index (χ3v) is 7.92. The summed E-state index contributed by atoms with van der Waals surface area (Å²) in [6.07, 6.45) is 7.22. The number of aliphatic hydroxyl groups is 1. The molecule has 1 saturated carbocycles. The van der Waals surface area contributed by atoms with Crippen molar-refractivity contribution in [3.8, 4) is 17.1 Å². The Morgan fingerprint density at radius 2 is 1.95 bits per heavy atom. The van der Waals surface area contributed by atoms with E-state index in [-0.39, 0.29) is 23.1 Å². The van der Waals surface area contributed by atoms with Gasteiger partial charge in [0.25, 0.3) is 5.56 Å². The largest absolute Gasteiger partial charge is 0.392 e. The topological polar surface area (TPSA) is 140 Å². The van der Waals surface area contributed by atoms with Crippen molar-refractivity contribution < 1.29 is 9.50 Å². The summed E-state index contributed by atoms with van der Waals surface area (Å²) in [5.74, 6) is 0.213. The van der Waals surface area contributed by atoms with Crippen molar-refractivity contribution in [2.75, 3.05) is 30.7 Å². The minimum atomic E-state index is -0.544. The second-order valence-corrected chi connectivity index (χ2v) is 10.7. The summed E-state index contributed by atoms with van der Waals surface area (Å²) >= 11 is 0. The summed E-state index contributed by atoms with van der Waals surface area (Å²) < 4.78 is 18.4. The van der Waals surface area contributed by atoms with Gasteiger partial charge < -0.3 is 21.1 Å². The second-order valence-electron chi connectivity index (χ2n) is 10.7. The van der Waals surface area contributed by atoms with Crippen LogP contribution in [-0.2, 0) is 13.2 Å². The van der Waals surface area contributed by atoms with E-state index >= 15 is 4.39 Å². The van der Waals surface area contributed by atoms with Crippen molar-refractivity contribution in [3.05, 3.63) is 82.3 Å². The van der Waals surface area contributed by atoms with Gasteiger partial charge in [-0.3, -0.25) is 14.0 Å². The number of hydrogen-bond acceptors (Lipinski definition) is 9. The summed E-state index contributed by atoms with van der Waals surface area (Å²) in [5, 5.41) is 18.6. The zero-order chi connectivity index (χ0) is 30.1. The molecular weight excluding hydrogens is 549 g/mol. The van der Waals surface area contributed by atoms with Crippen LogP contribution in [-0.4, -0.2) is 58.9 Å². The van der Waals surface area contributed by atoms with Crippen LogP contribution in [0.2, 0.25) is 0 Å². The average molecular weight is 584 g/mol. The maximum absolute atomic E-state index is 15.2. The number of nitrogens with two attached hydrogens (primary N) is 1. The number of aliphatic hydroxyl groups excluding tert-OH is 1. The molecule has 0 atom stereocenters. The number of hydrogen-bond donors (Lipinski definition) is 3. The van der Waals surface area contributed by atoms with E-state index in [1.807, 2.05) is 16.9 Å². The molecule has 2 aromatic carbocycles. The summed E-state index contributed by atoms with van der Waals surface area (Å²) in [4.78, 5) is 29.0. The molecule has 0 radical (unpaired) electrons. The Balaban J connectivity index is 1.32. The van der Waals surface area contributed by atoms with Crippen molar-refractivity contribution >= 4 is 28.4 Å². The monoisotopic (exact) mass is 583 g/mol. The fourth-order valence-corrected chi connectivity index (χ4v) is 5.40. The van der Waals surface area contributed by atoms with Crippen molar-refractivity contribution in [2.24, 2.45) is 0 Å². The number of anilines is 3. The van der Waals surface area contributed by atoms with E-state index in [0.717, 1.165) is 44.6 Å². The molecule has 0 amide bonds. The van der Waals surface area contributed by atoms with Crippen molar-refractivity contribution in [1.82, 2.24) is 34.2 Å². The van der Waals surface area contributed by atoms with Crippen molar-refractivity contribution in [1.29, 1.82) is 0 Å². The van der Waals surface area contributed by atoms with Crippen LogP contribution in [0.5, 0.6) is 0 Å². The van der Waals surface area contributed by atoms with E-state index in [9.17, 15) is 9.90 Å². The number of rotatable bonds is 11. The van der Waals surface area contributed by atoms with Crippen LogP contribution in [0.4, 0.5) is 22.0 Å². The molecule has 222 valence electrons.